The van der Waals surface area contributed by atoms with Crippen LogP contribution in [0, 0.1) is 5.92 Å². The number of rotatable bonds is 3. The van der Waals surface area contributed by atoms with Crippen LogP contribution < -0.4 is 0 Å². The molecule has 1 aromatic rings. The van der Waals surface area contributed by atoms with E-state index in [1.165, 1.54) is 10.7 Å². The topological polar surface area (TPSA) is 36.4 Å². The molecule has 1 aromatic heterocycles. The minimum atomic E-state index is -0.185. The van der Waals surface area contributed by atoms with Crippen molar-refractivity contribution in [2.45, 2.75) is 52.2 Å². The first kappa shape index (κ1) is 14.0. The van der Waals surface area contributed by atoms with E-state index in [0.717, 1.165) is 26.1 Å². The van der Waals surface area contributed by atoms with Crippen molar-refractivity contribution < 1.29 is 5.11 Å². The molecular formula is C14H24N2OS. The summed E-state index contributed by atoms with van der Waals surface area (Å²) < 4.78 is 0. The average Bonchev–Trinajstić information content (AvgIpc) is 2.85. The van der Waals surface area contributed by atoms with Crippen molar-refractivity contribution >= 4 is 11.3 Å². The molecule has 0 radical (unpaired) electrons. The van der Waals surface area contributed by atoms with E-state index in [4.69, 9.17) is 4.98 Å². The van der Waals surface area contributed by atoms with Crippen molar-refractivity contribution in [2.75, 3.05) is 13.1 Å². The van der Waals surface area contributed by atoms with Gasteiger partial charge in [-0.05, 0) is 25.8 Å². The Morgan fingerprint density at radius 3 is 2.78 bits per heavy atom. The fourth-order valence-corrected chi connectivity index (χ4v) is 3.25. The first-order valence-corrected chi connectivity index (χ1v) is 7.59. The molecule has 18 heavy (non-hydrogen) atoms. The van der Waals surface area contributed by atoms with Gasteiger partial charge in [0, 0.05) is 23.9 Å². The van der Waals surface area contributed by atoms with Crippen LogP contribution in [0.2, 0.25) is 0 Å². The van der Waals surface area contributed by atoms with Crippen molar-refractivity contribution in [1.82, 2.24) is 9.88 Å². The molecule has 1 N–H and O–H groups in total. The summed E-state index contributed by atoms with van der Waals surface area (Å²) in [6.45, 7) is 11.5. The smallest absolute Gasteiger partial charge is 0.0982 e. The molecule has 0 bridgehead atoms. The Labute approximate surface area is 114 Å². The van der Waals surface area contributed by atoms with Crippen molar-refractivity contribution in [3.63, 3.8) is 0 Å². The molecule has 0 aliphatic carbocycles. The first-order valence-electron chi connectivity index (χ1n) is 6.71. The maximum atomic E-state index is 9.61. The van der Waals surface area contributed by atoms with Crippen LogP contribution in [0.3, 0.4) is 0 Å². The summed E-state index contributed by atoms with van der Waals surface area (Å²) in [6.07, 6.45) is 0.920. The van der Waals surface area contributed by atoms with Crippen LogP contribution in [0.15, 0.2) is 5.38 Å². The second-order valence-corrected chi connectivity index (χ2v) is 7.28. The summed E-state index contributed by atoms with van der Waals surface area (Å²) >= 11 is 1.76. The van der Waals surface area contributed by atoms with E-state index in [9.17, 15) is 5.11 Å². The molecule has 1 aliphatic heterocycles. The van der Waals surface area contributed by atoms with Gasteiger partial charge in [-0.1, -0.05) is 20.8 Å². The zero-order chi connectivity index (χ0) is 13.3. The fourth-order valence-electron chi connectivity index (χ4n) is 2.35. The highest BCUT2D eigenvalue weighted by molar-refractivity contribution is 7.09. The maximum Gasteiger partial charge on any atom is 0.0982 e. The lowest BCUT2D eigenvalue weighted by Gasteiger charge is -2.16. The first-order chi connectivity index (χ1) is 8.36. The fraction of sp³-hybridized carbons (Fsp3) is 0.786. The van der Waals surface area contributed by atoms with Crippen molar-refractivity contribution in [1.29, 1.82) is 0 Å². The van der Waals surface area contributed by atoms with Gasteiger partial charge in [0.2, 0.25) is 0 Å². The molecule has 4 heteroatoms. The van der Waals surface area contributed by atoms with Crippen molar-refractivity contribution in [3.8, 4) is 0 Å². The molecule has 0 aromatic carbocycles. The third kappa shape index (κ3) is 3.31. The van der Waals surface area contributed by atoms with E-state index in [-0.39, 0.29) is 11.5 Å². The lowest BCUT2D eigenvalue weighted by atomic mass is 9.98. The number of aliphatic hydroxyl groups is 1. The highest BCUT2D eigenvalue weighted by Gasteiger charge is 2.26. The zero-order valence-corrected chi connectivity index (χ0v) is 12.6. The number of likely N-dealkylation sites (tertiary alicyclic amines) is 1. The van der Waals surface area contributed by atoms with Crippen LogP contribution in [0.5, 0.6) is 0 Å². The Hall–Kier alpha value is -0.450. The molecule has 0 saturated carbocycles. The largest absolute Gasteiger partial charge is 0.393 e. The molecule has 102 valence electrons. The predicted molar refractivity (Wildman–Crippen MR) is 75.9 cm³/mol. The second-order valence-electron chi connectivity index (χ2n) is 6.42. The summed E-state index contributed by atoms with van der Waals surface area (Å²) in [5.41, 5.74) is 1.33. The molecule has 3 nitrogen and oxygen atoms in total. The van der Waals surface area contributed by atoms with Gasteiger partial charge >= 0.3 is 0 Å². The molecule has 2 rings (SSSR count). The molecule has 2 heterocycles. The number of nitrogens with zero attached hydrogens (tertiary/aromatic N) is 2. The SMILES string of the molecule is CC(O)C1CCN(Cc2csc(C(C)(C)C)n2)C1. The van der Waals surface area contributed by atoms with Gasteiger partial charge < -0.3 is 5.11 Å². The number of aliphatic hydroxyl groups excluding tert-OH is 1. The van der Waals surface area contributed by atoms with Gasteiger partial charge in [0.05, 0.1) is 16.8 Å². The Kier molecular flexibility index (Phi) is 4.09. The molecular weight excluding hydrogens is 244 g/mol. The number of thiazole rings is 1. The van der Waals surface area contributed by atoms with Crippen LogP contribution in [-0.4, -0.2) is 34.2 Å². The van der Waals surface area contributed by atoms with Crippen LogP contribution in [0.25, 0.3) is 0 Å². The lowest BCUT2D eigenvalue weighted by molar-refractivity contribution is 0.127. The Morgan fingerprint density at radius 2 is 2.28 bits per heavy atom. The summed E-state index contributed by atoms with van der Waals surface area (Å²) in [7, 11) is 0. The van der Waals surface area contributed by atoms with E-state index in [1.807, 2.05) is 6.92 Å². The van der Waals surface area contributed by atoms with Crippen molar-refractivity contribution in [3.05, 3.63) is 16.1 Å². The van der Waals surface area contributed by atoms with Gasteiger partial charge in [0.1, 0.15) is 0 Å². The summed E-state index contributed by atoms with van der Waals surface area (Å²) in [6, 6.07) is 0. The lowest BCUT2D eigenvalue weighted by Crippen LogP contribution is -2.24. The predicted octanol–water partition coefficient (Wildman–Crippen LogP) is 2.64. The van der Waals surface area contributed by atoms with E-state index in [1.54, 1.807) is 11.3 Å². The van der Waals surface area contributed by atoms with Gasteiger partial charge in [-0.25, -0.2) is 4.98 Å². The zero-order valence-electron chi connectivity index (χ0n) is 11.8. The molecule has 0 spiro atoms. The van der Waals surface area contributed by atoms with Crippen LogP contribution in [0.1, 0.15) is 44.8 Å². The Bertz CT molecular complexity index is 395. The molecule has 1 saturated heterocycles. The van der Waals surface area contributed by atoms with E-state index in [2.05, 4.69) is 31.1 Å². The Balaban J connectivity index is 1.93. The van der Waals surface area contributed by atoms with Gasteiger partial charge in [0.25, 0.3) is 0 Å². The molecule has 1 aliphatic rings. The Morgan fingerprint density at radius 1 is 1.56 bits per heavy atom. The second kappa shape index (κ2) is 5.27. The minimum absolute atomic E-state index is 0.149. The number of hydrogen-bond acceptors (Lipinski definition) is 4. The molecule has 0 amide bonds. The third-order valence-electron chi connectivity index (χ3n) is 3.57. The van der Waals surface area contributed by atoms with E-state index in [0.29, 0.717) is 5.92 Å². The third-order valence-corrected chi connectivity index (χ3v) is 4.89. The van der Waals surface area contributed by atoms with Gasteiger partial charge in [-0.3, -0.25) is 4.90 Å². The molecule has 1 fully saturated rings. The van der Waals surface area contributed by atoms with Crippen molar-refractivity contribution in [2.24, 2.45) is 5.92 Å². The standard InChI is InChI=1S/C14H24N2OS/c1-10(17)11-5-6-16(7-11)8-12-9-18-13(15-12)14(2,3)4/h9-11,17H,5-8H2,1-4H3. The van der Waals surface area contributed by atoms with Crippen LogP contribution in [0.4, 0.5) is 0 Å². The number of hydrogen-bond donors (Lipinski definition) is 1. The van der Waals surface area contributed by atoms with Gasteiger partial charge in [-0.15, -0.1) is 11.3 Å². The van der Waals surface area contributed by atoms with Gasteiger partial charge in [-0.2, -0.15) is 0 Å². The number of aromatic nitrogens is 1. The van der Waals surface area contributed by atoms with Crippen LogP contribution in [-0.2, 0) is 12.0 Å². The van der Waals surface area contributed by atoms with Gasteiger partial charge in [0.15, 0.2) is 0 Å². The monoisotopic (exact) mass is 268 g/mol. The minimum Gasteiger partial charge on any atom is -0.393 e. The normalized spacial score (nSPS) is 23.5. The maximum absolute atomic E-state index is 9.61. The van der Waals surface area contributed by atoms with E-state index >= 15 is 0 Å². The quantitative estimate of drug-likeness (QED) is 0.915. The highest BCUT2D eigenvalue weighted by Crippen LogP contribution is 2.27. The highest BCUT2D eigenvalue weighted by atomic mass is 32.1. The molecule has 2 atom stereocenters. The molecule has 2 unspecified atom stereocenters. The van der Waals surface area contributed by atoms with E-state index < -0.39 is 0 Å². The van der Waals surface area contributed by atoms with Crippen LogP contribution >= 0.6 is 11.3 Å². The summed E-state index contributed by atoms with van der Waals surface area (Å²) in [5.74, 6) is 0.436. The summed E-state index contributed by atoms with van der Waals surface area (Å²) in [4.78, 5) is 7.13. The average molecular weight is 268 g/mol. The summed E-state index contributed by atoms with van der Waals surface area (Å²) in [5, 5.41) is 13.0.